The molecule has 2 nitrogen and oxygen atoms in total. The van der Waals surface area contributed by atoms with Gasteiger partial charge in [0.25, 0.3) is 0 Å². The van der Waals surface area contributed by atoms with E-state index in [1.807, 2.05) is 6.08 Å². The van der Waals surface area contributed by atoms with Gasteiger partial charge in [-0.15, -0.1) is 6.58 Å². The Hall–Kier alpha value is -1.12. The third-order valence-corrected chi connectivity index (χ3v) is 3.40. The van der Waals surface area contributed by atoms with Gasteiger partial charge < -0.3 is 0 Å². The summed E-state index contributed by atoms with van der Waals surface area (Å²) in [5.74, 6) is 0.604. The van der Waals surface area contributed by atoms with Crippen molar-refractivity contribution >= 4 is 0 Å². The molecule has 1 aromatic carbocycles. The van der Waals surface area contributed by atoms with Gasteiger partial charge in [-0.3, -0.25) is 9.80 Å². The Morgan fingerprint density at radius 2 is 1.69 bits per heavy atom. The van der Waals surface area contributed by atoms with Crippen molar-refractivity contribution in [2.45, 2.75) is 12.1 Å². The maximum absolute atomic E-state index is 3.90. The van der Waals surface area contributed by atoms with Crippen LogP contribution in [0.4, 0.5) is 0 Å². The lowest BCUT2D eigenvalue weighted by Gasteiger charge is -2.42. The average Bonchev–Trinajstić information content (AvgIpc) is 2.30. The van der Waals surface area contributed by atoms with Gasteiger partial charge in [0.15, 0.2) is 0 Å². The highest BCUT2D eigenvalue weighted by Crippen LogP contribution is 2.24. The van der Waals surface area contributed by atoms with Gasteiger partial charge in [0.05, 0.1) is 6.17 Å². The lowest BCUT2D eigenvalue weighted by Crippen LogP contribution is -2.52. The number of nitrogens with zero attached hydrogens (tertiary/aromatic N) is 2. The standard InChI is InChI=1S/C14H20N2/c1-4-14-15(2)10-13(11-16(14)3)12-8-6-5-7-9-12/h4-9,13-14H,1,10-11H2,2-3H3. The maximum Gasteiger partial charge on any atom is 0.0807 e. The van der Waals surface area contributed by atoms with Crippen LogP contribution in [0.3, 0.4) is 0 Å². The molecule has 1 aliphatic rings. The number of rotatable bonds is 2. The zero-order valence-corrected chi connectivity index (χ0v) is 10.1. The molecule has 86 valence electrons. The summed E-state index contributed by atoms with van der Waals surface area (Å²) in [5.41, 5.74) is 1.43. The van der Waals surface area contributed by atoms with Crippen LogP contribution < -0.4 is 0 Å². The highest BCUT2D eigenvalue weighted by Gasteiger charge is 2.28. The molecule has 1 aliphatic heterocycles. The van der Waals surface area contributed by atoms with Gasteiger partial charge in [0.2, 0.25) is 0 Å². The van der Waals surface area contributed by atoms with Crippen LogP contribution in [0.15, 0.2) is 43.0 Å². The minimum absolute atomic E-state index is 0.375. The van der Waals surface area contributed by atoms with Crippen molar-refractivity contribution in [3.63, 3.8) is 0 Å². The van der Waals surface area contributed by atoms with Gasteiger partial charge in [-0.1, -0.05) is 36.4 Å². The largest absolute Gasteiger partial charge is 0.287 e. The molecule has 0 aromatic heterocycles. The Kier molecular flexibility index (Phi) is 3.42. The predicted molar refractivity (Wildman–Crippen MR) is 68.4 cm³/mol. The first-order valence-electron chi connectivity index (χ1n) is 5.80. The van der Waals surface area contributed by atoms with Gasteiger partial charge in [-0.2, -0.15) is 0 Å². The summed E-state index contributed by atoms with van der Waals surface area (Å²) < 4.78 is 0. The SMILES string of the molecule is C=CC1N(C)CC(c2ccccc2)CN1C. The van der Waals surface area contributed by atoms with Crippen LogP contribution in [-0.2, 0) is 0 Å². The normalized spacial score (nSPS) is 27.9. The number of likely N-dealkylation sites (N-methyl/N-ethyl adjacent to an activating group) is 2. The van der Waals surface area contributed by atoms with Crippen molar-refractivity contribution in [3.05, 3.63) is 48.6 Å². The fourth-order valence-electron chi connectivity index (χ4n) is 2.60. The number of hydrogen-bond acceptors (Lipinski definition) is 2. The highest BCUT2D eigenvalue weighted by atomic mass is 15.3. The molecule has 1 heterocycles. The van der Waals surface area contributed by atoms with E-state index in [1.54, 1.807) is 0 Å². The Morgan fingerprint density at radius 3 is 2.19 bits per heavy atom. The van der Waals surface area contributed by atoms with Gasteiger partial charge in [0.1, 0.15) is 0 Å². The van der Waals surface area contributed by atoms with E-state index in [0.29, 0.717) is 12.1 Å². The molecule has 2 rings (SSSR count). The van der Waals surface area contributed by atoms with E-state index >= 15 is 0 Å². The number of hydrogen-bond donors (Lipinski definition) is 0. The van der Waals surface area contributed by atoms with Gasteiger partial charge in [-0.25, -0.2) is 0 Å². The predicted octanol–water partition coefficient (Wildman–Crippen LogP) is 2.16. The van der Waals surface area contributed by atoms with Crippen molar-refractivity contribution in [2.75, 3.05) is 27.2 Å². The Morgan fingerprint density at radius 1 is 1.12 bits per heavy atom. The first-order chi connectivity index (χ1) is 7.72. The van der Waals surface area contributed by atoms with Crippen molar-refractivity contribution < 1.29 is 0 Å². The van der Waals surface area contributed by atoms with E-state index in [2.05, 4.69) is 60.8 Å². The monoisotopic (exact) mass is 216 g/mol. The third kappa shape index (κ3) is 2.18. The summed E-state index contributed by atoms with van der Waals surface area (Å²) in [6.45, 7) is 6.10. The second-order valence-corrected chi connectivity index (χ2v) is 4.64. The zero-order valence-electron chi connectivity index (χ0n) is 10.1. The van der Waals surface area contributed by atoms with Crippen LogP contribution in [-0.4, -0.2) is 43.2 Å². The molecule has 0 bridgehead atoms. The third-order valence-electron chi connectivity index (χ3n) is 3.40. The molecule has 0 saturated carbocycles. The molecule has 0 atom stereocenters. The molecule has 1 saturated heterocycles. The lowest BCUT2D eigenvalue weighted by molar-refractivity contribution is 0.0620. The summed E-state index contributed by atoms with van der Waals surface area (Å²) >= 11 is 0. The first-order valence-corrected chi connectivity index (χ1v) is 5.80. The summed E-state index contributed by atoms with van der Waals surface area (Å²) in [6, 6.07) is 10.8. The molecule has 2 heteroatoms. The highest BCUT2D eigenvalue weighted by molar-refractivity contribution is 5.21. The van der Waals surface area contributed by atoms with Crippen molar-refractivity contribution in [3.8, 4) is 0 Å². The fourth-order valence-corrected chi connectivity index (χ4v) is 2.60. The summed E-state index contributed by atoms with van der Waals surface area (Å²) in [7, 11) is 4.33. The molecule has 0 aliphatic carbocycles. The van der Waals surface area contributed by atoms with Crippen LogP contribution in [0.2, 0.25) is 0 Å². The van der Waals surface area contributed by atoms with Crippen molar-refractivity contribution in [1.82, 2.24) is 9.80 Å². The molecule has 16 heavy (non-hydrogen) atoms. The van der Waals surface area contributed by atoms with Crippen LogP contribution >= 0.6 is 0 Å². The fraction of sp³-hybridized carbons (Fsp3) is 0.429. The molecule has 0 unspecified atom stereocenters. The van der Waals surface area contributed by atoms with E-state index < -0.39 is 0 Å². The van der Waals surface area contributed by atoms with Gasteiger partial charge >= 0.3 is 0 Å². The van der Waals surface area contributed by atoms with Crippen molar-refractivity contribution in [2.24, 2.45) is 0 Å². The molecule has 1 fully saturated rings. The minimum atomic E-state index is 0.375. The minimum Gasteiger partial charge on any atom is -0.287 e. The Bertz CT molecular complexity index is 335. The smallest absolute Gasteiger partial charge is 0.0807 e. The molecule has 0 N–H and O–H groups in total. The second-order valence-electron chi connectivity index (χ2n) is 4.64. The van der Waals surface area contributed by atoms with E-state index in [-0.39, 0.29) is 0 Å². The van der Waals surface area contributed by atoms with Gasteiger partial charge in [0, 0.05) is 19.0 Å². The molecule has 0 radical (unpaired) electrons. The van der Waals surface area contributed by atoms with Crippen LogP contribution in [0, 0.1) is 0 Å². The Labute approximate surface area is 98.2 Å². The molecule has 0 amide bonds. The summed E-state index contributed by atoms with van der Waals surface area (Å²) in [6.07, 6.45) is 2.39. The van der Waals surface area contributed by atoms with Crippen LogP contribution in [0.1, 0.15) is 11.5 Å². The van der Waals surface area contributed by atoms with E-state index in [9.17, 15) is 0 Å². The van der Waals surface area contributed by atoms with Crippen molar-refractivity contribution in [1.29, 1.82) is 0 Å². The van der Waals surface area contributed by atoms with Crippen LogP contribution in [0.25, 0.3) is 0 Å². The molecule has 1 aromatic rings. The summed E-state index contributed by atoms with van der Waals surface area (Å²) in [5, 5.41) is 0. The van der Waals surface area contributed by atoms with E-state index in [1.165, 1.54) is 5.56 Å². The van der Waals surface area contributed by atoms with E-state index in [4.69, 9.17) is 0 Å². The maximum atomic E-state index is 3.90. The zero-order chi connectivity index (χ0) is 11.5. The van der Waals surface area contributed by atoms with E-state index in [0.717, 1.165) is 13.1 Å². The topological polar surface area (TPSA) is 6.48 Å². The Balaban J connectivity index is 2.13. The first kappa shape index (κ1) is 11.4. The molecular formula is C14H20N2. The summed E-state index contributed by atoms with van der Waals surface area (Å²) in [4.78, 5) is 4.71. The molecule has 0 spiro atoms. The average molecular weight is 216 g/mol. The lowest BCUT2D eigenvalue weighted by atomic mass is 9.95. The molecular weight excluding hydrogens is 196 g/mol. The second kappa shape index (κ2) is 4.81. The van der Waals surface area contributed by atoms with Gasteiger partial charge in [-0.05, 0) is 19.7 Å². The van der Waals surface area contributed by atoms with Crippen LogP contribution in [0.5, 0.6) is 0 Å². The quantitative estimate of drug-likeness (QED) is 0.699. The number of benzene rings is 1.